The average molecular weight is 646 g/mol. The lowest BCUT2D eigenvalue weighted by Crippen LogP contribution is -2.10. The van der Waals surface area contributed by atoms with Crippen LogP contribution in [0.4, 0.5) is 0 Å². The summed E-state index contributed by atoms with van der Waals surface area (Å²) in [6, 6.07) is 28.9. The van der Waals surface area contributed by atoms with E-state index in [1.54, 1.807) is 48.5 Å². The van der Waals surface area contributed by atoms with Gasteiger partial charge in [-0.1, -0.05) is 24.3 Å². The second kappa shape index (κ2) is 10.3. The zero-order valence-corrected chi connectivity index (χ0v) is 20.9. The van der Waals surface area contributed by atoms with Crippen LogP contribution in [-0.4, -0.2) is 11.9 Å². The van der Waals surface area contributed by atoms with Gasteiger partial charge in [0.15, 0.2) is 0 Å². The minimum absolute atomic E-state index is 0.354. The summed E-state index contributed by atoms with van der Waals surface area (Å²) in [7, 11) is 0. The van der Waals surface area contributed by atoms with Crippen molar-refractivity contribution in [1.29, 1.82) is 0 Å². The zero-order chi connectivity index (χ0) is 22.5. The number of hydrogen-bond acceptors (Lipinski definition) is 4. The summed E-state index contributed by atoms with van der Waals surface area (Å²) in [6.45, 7) is 0. The SMILES string of the molecule is O=C(Oc1ccc(C(=O)Oc2ccc(-c3ccc(I)cc3)cc2)cc1)c1ccc(I)cc1. The van der Waals surface area contributed by atoms with E-state index in [0.29, 0.717) is 22.6 Å². The van der Waals surface area contributed by atoms with Crippen molar-refractivity contribution in [2.75, 3.05) is 0 Å². The van der Waals surface area contributed by atoms with Gasteiger partial charge in [-0.15, -0.1) is 0 Å². The van der Waals surface area contributed by atoms with Gasteiger partial charge in [-0.25, -0.2) is 9.59 Å². The van der Waals surface area contributed by atoms with Gasteiger partial charge in [0, 0.05) is 7.14 Å². The lowest BCUT2D eigenvalue weighted by atomic mass is 10.1. The second-order valence-corrected chi connectivity index (χ2v) is 9.33. The van der Waals surface area contributed by atoms with Crippen LogP contribution in [-0.2, 0) is 0 Å². The minimum Gasteiger partial charge on any atom is -0.423 e. The van der Waals surface area contributed by atoms with Crippen LogP contribution in [0, 0.1) is 7.14 Å². The van der Waals surface area contributed by atoms with E-state index in [4.69, 9.17) is 9.47 Å². The molecule has 0 N–H and O–H groups in total. The molecule has 0 amide bonds. The number of benzene rings is 4. The summed E-state index contributed by atoms with van der Waals surface area (Å²) in [5.41, 5.74) is 2.96. The molecule has 0 atom stereocenters. The molecule has 158 valence electrons. The predicted octanol–water partition coefficient (Wildman–Crippen LogP) is 7.00. The third kappa shape index (κ3) is 5.74. The molecule has 0 heterocycles. The summed E-state index contributed by atoms with van der Waals surface area (Å²) in [6.07, 6.45) is 0. The third-order valence-corrected chi connectivity index (χ3v) is 6.06. The molecular formula is C26H16I2O4. The second-order valence-electron chi connectivity index (χ2n) is 6.84. The molecule has 4 nitrogen and oxygen atoms in total. The molecular weight excluding hydrogens is 630 g/mol. The van der Waals surface area contributed by atoms with E-state index in [1.807, 2.05) is 36.4 Å². The van der Waals surface area contributed by atoms with Crippen LogP contribution in [0.15, 0.2) is 97.1 Å². The summed E-state index contributed by atoms with van der Waals surface area (Å²) in [4.78, 5) is 24.7. The molecule has 6 heteroatoms. The summed E-state index contributed by atoms with van der Waals surface area (Å²) in [5.74, 6) is -0.127. The van der Waals surface area contributed by atoms with Gasteiger partial charge in [0.25, 0.3) is 0 Å². The van der Waals surface area contributed by atoms with E-state index in [9.17, 15) is 9.59 Å². The normalized spacial score (nSPS) is 10.4. The molecule has 4 rings (SSSR count). The molecule has 4 aromatic carbocycles. The van der Waals surface area contributed by atoms with Gasteiger partial charge in [0.2, 0.25) is 0 Å². The fourth-order valence-corrected chi connectivity index (χ4v) is 3.65. The van der Waals surface area contributed by atoms with Crippen LogP contribution in [0.5, 0.6) is 11.5 Å². The molecule has 0 aliphatic rings. The molecule has 0 aliphatic carbocycles. The largest absolute Gasteiger partial charge is 0.423 e. The average Bonchev–Trinajstić information content (AvgIpc) is 2.81. The van der Waals surface area contributed by atoms with Gasteiger partial charge in [0.1, 0.15) is 11.5 Å². The van der Waals surface area contributed by atoms with Crippen molar-refractivity contribution < 1.29 is 19.1 Å². The van der Waals surface area contributed by atoms with Gasteiger partial charge in [-0.3, -0.25) is 0 Å². The lowest BCUT2D eigenvalue weighted by Gasteiger charge is -2.08. The fourth-order valence-electron chi connectivity index (χ4n) is 2.93. The Balaban J connectivity index is 1.37. The van der Waals surface area contributed by atoms with Crippen LogP contribution in [0.3, 0.4) is 0 Å². The van der Waals surface area contributed by atoms with Crippen molar-refractivity contribution in [3.8, 4) is 22.6 Å². The Labute approximate surface area is 212 Å². The van der Waals surface area contributed by atoms with Crippen molar-refractivity contribution in [3.63, 3.8) is 0 Å². The van der Waals surface area contributed by atoms with Crippen molar-refractivity contribution >= 4 is 57.1 Å². The Morgan fingerprint density at radius 2 is 0.781 bits per heavy atom. The van der Waals surface area contributed by atoms with E-state index in [-0.39, 0.29) is 0 Å². The zero-order valence-electron chi connectivity index (χ0n) is 16.6. The van der Waals surface area contributed by atoms with E-state index in [0.717, 1.165) is 14.7 Å². The molecule has 0 aliphatic heterocycles. The molecule has 0 saturated heterocycles. The molecule has 0 unspecified atom stereocenters. The highest BCUT2D eigenvalue weighted by atomic mass is 127. The van der Waals surface area contributed by atoms with E-state index in [2.05, 4.69) is 57.3 Å². The minimum atomic E-state index is -0.484. The Morgan fingerprint density at radius 1 is 0.469 bits per heavy atom. The highest BCUT2D eigenvalue weighted by molar-refractivity contribution is 14.1. The molecule has 4 aromatic rings. The smallest absolute Gasteiger partial charge is 0.343 e. The number of carbonyl (C=O) groups is 2. The number of rotatable bonds is 5. The van der Waals surface area contributed by atoms with Gasteiger partial charge in [-0.05, 0) is 129 Å². The van der Waals surface area contributed by atoms with Crippen LogP contribution in [0.25, 0.3) is 11.1 Å². The Bertz CT molecular complexity index is 1230. The third-order valence-electron chi connectivity index (χ3n) is 4.62. The maximum Gasteiger partial charge on any atom is 0.343 e. The first kappa shape index (κ1) is 22.5. The topological polar surface area (TPSA) is 52.6 Å². The van der Waals surface area contributed by atoms with Crippen LogP contribution in [0.2, 0.25) is 0 Å². The van der Waals surface area contributed by atoms with E-state index < -0.39 is 11.9 Å². The fraction of sp³-hybridized carbons (Fsp3) is 0. The molecule has 0 fully saturated rings. The maximum absolute atomic E-state index is 12.5. The van der Waals surface area contributed by atoms with Crippen molar-refractivity contribution in [1.82, 2.24) is 0 Å². The van der Waals surface area contributed by atoms with Gasteiger partial charge in [0.05, 0.1) is 11.1 Å². The Morgan fingerprint density at radius 3 is 1.22 bits per heavy atom. The lowest BCUT2D eigenvalue weighted by molar-refractivity contribution is 0.0730. The van der Waals surface area contributed by atoms with Crippen LogP contribution in [0.1, 0.15) is 20.7 Å². The standard InChI is InChI=1S/C26H16I2O4/c27-21-9-1-17(2-10-21)18-5-13-23(14-6-18)31-26(30)20-7-15-24(16-8-20)32-25(29)19-3-11-22(28)12-4-19/h1-16H. The molecule has 0 radical (unpaired) electrons. The van der Waals surface area contributed by atoms with Crippen molar-refractivity contribution in [3.05, 3.63) is 115 Å². The van der Waals surface area contributed by atoms with Crippen molar-refractivity contribution in [2.45, 2.75) is 0 Å². The number of halogens is 2. The summed E-state index contributed by atoms with van der Waals surface area (Å²) >= 11 is 4.44. The quantitative estimate of drug-likeness (QED) is 0.133. The highest BCUT2D eigenvalue weighted by Gasteiger charge is 2.12. The first-order valence-electron chi connectivity index (χ1n) is 9.64. The number of esters is 2. The predicted molar refractivity (Wildman–Crippen MR) is 140 cm³/mol. The maximum atomic E-state index is 12.5. The summed E-state index contributed by atoms with van der Waals surface area (Å²) < 4.78 is 13.0. The molecule has 32 heavy (non-hydrogen) atoms. The van der Waals surface area contributed by atoms with Gasteiger partial charge >= 0.3 is 11.9 Å². The van der Waals surface area contributed by atoms with Crippen LogP contribution < -0.4 is 9.47 Å². The van der Waals surface area contributed by atoms with E-state index >= 15 is 0 Å². The van der Waals surface area contributed by atoms with Gasteiger partial charge in [-0.2, -0.15) is 0 Å². The number of hydrogen-bond donors (Lipinski definition) is 0. The molecule has 0 spiro atoms. The van der Waals surface area contributed by atoms with E-state index in [1.165, 1.54) is 3.57 Å². The molecule has 0 aromatic heterocycles. The first-order valence-corrected chi connectivity index (χ1v) is 11.8. The number of carbonyl (C=O) groups excluding carboxylic acids is 2. The first-order chi connectivity index (χ1) is 15.5. The highest BCUT2D eigenvalue weighted by Crippen LogP contribution is 2.24. The van der Waals surface area contributed by atoms with Crippen LogP contribution >= 0.6 is 45.2 Å². The van der Waals surface area contributed by atoms with Crippen molar-refractivity contribution in [2.24, 2.45) is 0 Å². The number of ether oxygens (including phenoxy) is 2. The summed E-state index contributed by atoms with van der Waals surface area (Å²) in [5, 5.41) is 0. The Kier molecular flexibility index (Phi) is 7.21. The monoisotopic (exact) mass is 646 g/mol. The molecule has 0 bridgehead atoms. The molecule has 0 saturated carbocycles. The van der Waals surface area contributed by atoms with Gasteiger partial charge < -0.3 is 9.47 Å². The Hall–Kier alpha value is -2.72.